The van der Waals surface area contributed by atoms with Gasteiger partial charge in [0.25, 0.3) is 0 Å². The van der Waals surface area contributed by atoms with Crippen LogP contribution in [0.15, 0.2) is 218 Å². The van der Waals surface area contributed by atoms with Crippen LogP contribution in [0, 0.1) is 0 Å². The minimum atomic E-state index is 1.12. The summed E-state index contributed by atoms with van der Waals surface area (Å²) in [4.78, 5) is 2.44. The summed E-state index contributed by atoms with van der Waals surface area (Å²) in [5.41, 5.74) is 11.8. The predicted molar refractivity (Wildman–Crippen MR) is 254 cm³/mol. The molecule has 2 heterocycles. The van der Waals surface area contributed by atoms with Gasteiger partial charge >= 0.3 is 0 Å². The van der Waals surface area contributed by atoms with E-state index in [0.717, 1.165) is 17.1 Å². The van der Waals surface area contributed by atoms with Crippen molar-refractivity contribution in [2.45, 2.75) is 0 Å². The second-order valence-corrected chi connectivity index (χ2v) is 16.3. The van der Waals surface area contributed by atoms with Crippen LogP contribution in [0.4, 0.5) is 17.1 Å². The number of para-hydroxylation sites is 3. The average Bonchev–Trinajstić information content (AvgIpc) is 3.85. The van der Waals surface area contributed by atoms with Gasteiger partial charge in [0.2, 0.25) is 0 Å². The minimum Gasteiger partial charge on any atom is -0.309 e. The first kappa shape index (κ1) is 33.7. The number of nitrogens with zero attached hydrogens (tertiary/aromatic N) is 2. The maximum atomic E-state index is 2.47. The van der Waals surface area contributed by atoms with Crippen LogP contribution in [0.5, 0.6) is 0 Å². The molecule has 0 bridgehead atoms. The number of thiophene rings is 1. The number of hydrogen-bond donors (Lipinski definition) is 0. The lowest BCUT2D eigenvalue weighted by Crippen LogP contribution is -2.11. The average molecular weight is 769 g/mol. The van der Waals surface area contributed by atoms with E-state index in [1.807, 2.05) is 11.3 Å². The van der Waals surface area contributed by atoms with Crippen LogP contribution in [-0.2, 0) is 0 Å². The molecule has 0 radical (unpaired) electrons. The highest BCUT2D eigenvalue weighted by atomic mass is 32.1. The first-order valence-electron chi connectivity index (χ1n) is 20.2. The van der Waals surface area contributed by atoms with E-state index in [1.54, 1.807) is 0 Å². The highest BCUT2D eigenvalue weighted by molar-refractivity contribution is 7.26. The van der Waals surface area contributed by atoms with Gasteiger partial charge in [-0.3, -0.25) is 0 Å². The molecule has 0 aliphatic carbocycles. The fourth-order valence-corrected chi connectivity index (χ4v) is 10.5. The van der Waals surface area contributed by atoms with Gasteiger partial charge in [0.1, 0.15) is 0 Å². The molecule has 10 aromatic carbocycles. The van der Waals surface area contributed by atoms with Gasteiger partial charge in [-0.05, 0) is 93.5 Å². The summed E-state index contributed by atoms with van der Waals surface area (Å²) in [7, 11) is 0. The number of benzene rings is 10. The molecule has 0 unspecified atom stereocenters. The summed E-state index contributed by atoms with van der Waals surface area (Å²) in [6.07, 6.45) is 0. The topological polar surface area (TPSA) is 8.17 Å². The SMILES string of the molecule is c1ccc(N(c2ccccc2-c2cccc(-c3ccc4c(c3)c3ccccc3n4-c3cccc4c3sc3ccccc34)c2)c2cc3ccccc3c3ccccc23)cc1. The summed E-state index contributed by atoms with van der Waals surface area (Å²) >= 11 is 1.88. The molecule has 0 spiro atoms. The van der Waals surface area contributed by atoms with Crippen molar-refractivity contribution in [3.63, 3.8) is 0 Å². The van der Waals surface area contributed by atoms with Crippen molar-refractivity contribution in [1.82, 2.24) is 4.57 Å². The number of hydrogen-bond acceptors (Lipinski definition) is 2. The zero-order valence-electron chi connectivity index (χ0n) is 32.1. The summed E-state index contributed by atoms with van der Waals surface area (Å²) < 4.78 is 5.10. The predicted octanol–water partition coefficient (Wildman–Crippen LogP) is 16.3. The zero-order chi connectivity index (χ0) is 38.9. The van der Waals surface area contributed by atoms with E-state index in [-0.39, 0.29) is 0 Å². The lowest BCUT2D eigenvalue weighted by atomic mass is 9.95. The maximum absolute atomic E-state index is 2.47. The molecule has 2 nitrogen and oxygen atoms in total. The normalized spacial score (nSPS) is 11.7. The molecule has 12 rings (SSSR count). The Balaban J connectivity index is 1.02. The van der Waals surface area contributed by atoms with Crippen molar-refractivity contribution in [3.8, 4) is 27.9 Å². The molecule has 59 heavy (non-hydrogen) atoms. The van der Waals surface area contributed by atoms with Gasteiger partial charge in [0.15, 0.2) is 0 Å². The third-order valence-electron chi connectivity index (χ3n) is 12.0. The van der Waals surface area contributed by atoms with E-state index >= 15 is 0 Å². The van der Waals surface area contributed by atoms with Gasteiger partial charge in [-0.1, -0.05) is 158 Å². The van der Waals surface area contributed by atoms with Crippen LogP contribution in [0.2, 0.25) is 0 Å². The van der Waals surface area contributed by atoms with Crippen molar-refractivity contribution in [3.05, 3.63) is 218 Å². The Kier molecular flexibility index (Phi) is 7.75. The molecule has 0 amide bonds. The number of anilines is 3. The monoisotopic (exact) mass is 768 g/mol. The quantitative estimate of drug-likeness (QED) is 0.153. The van der Waals surface area contributed by atoms with Crippen molar-refractivity contribution in [1.29, 1.82) is 0 Å². The maximum Gasteiger partial charge on any atom is 0.0640 e. The Morgan fingerprint density at radius 1 is 0.356 bits per heavy atom. The Hall–Kier alpha value is -7.46. The van der Waals surface area contributed by atoms with Gasteiger partial charge in [-0.15, -0.1) is 11.3 Å². The molecule has 0 saturated carbocycles. The lowest BCUT2D eigenvalue weighted by molar-refractivity contribution is 1.20. The molecular formula is C56H36N2S. The number of rotatable bonds is 6. The smallest absolute Gasteiger partial charge is 0.0640 e. The van der Waals surface area contributed by atoms with E-state index in [0.29, 0.717) is 0 Å². The van der Waals surface area contributed by atoms with Crippen molar-refractivity contribution in [2.24, 2.45) is 0 Å². The largest absolute Gasteiger partial charge is 0.309 e. The number of aromatic nitrogens is 1. The fraction of sp³-hybridized carbons (Fsp3) is 0. The zero-order valence-corrected chi connectivity index (χ0v) is 32.9. The number of fused-ring (bicyclic) bond motifs is 9. The first-order chi connectivity index (χ1) is 29.3. The molecule has 2 aromatic heterocycles. The summed E-state index contributed by atoms with van der Waals surface area (Å²) in [6.45, 7) is 0. The Morgan fingerprint density at radius 2 is 1.00 bits per heavy atom. The van der Waals surface area contributed by atoms with Crippen LogP contribution in [0.1, 0.15) is 0 Å². The van der Waals surface area contributed by atoms with Crippen molar-refractivity contribution < 1.29 is 0 Å². The Morgan fingerprint density at radius 3 is 1.90 bits per heavy atom. The summed E-state index contributed by atoms with van der Waals surface area (Å²) in [6, 6.07) is 79.9. The fourth-order valence-electron chi connectivity index (χ4n) is 9.30. The van der Waals surface area contributed by atoms with Crippen LogP contribution < -0.4 is 4.90 Å². The van der Waals surface area contributed by atoms with Gasteiger partial charge < -0.3 is 9.47 Å². The molecule has 276 valence electrons. The van der Waals surface area contributed by atoms with E-state index < -0.39 is 0 Å². The van der Waals surface area contributed by atoms with Gasteiger partial charge in [-0.2, -0.15) is 0 Å². The molecule has 3 heteroatoms. The highest BCUT2D eigenvalue weighted by Gasteiger charge is 2.21. The molecule has 0 fully saturated rings. The molecule has 0 aliphatic heterocycles. The van der Waals surface area contributed by atoms with Gasteiger partial charge in [0.05, 0.1) is 32.8 Å². The van der Waals surface area contributed by atoms with Crippen LogP contribution >= 0.6 is 11.3 Å². The standard InChI is InChI=1S/C56H36N2S/c1-2-19-41(20-3-1)57(54-36-40-16-4-5-21-42(40)44-23-6-7-24-45(44)54)50-28-11-8-22-43(50)39-18-14-17-37(34-39)38-32-33-52-49(35-38)46-25-9-12-29-51(46)58(52)53-30-15-27-48-47-26-10-13-31-55(47)59-56(48)53/h1-36H. The van der Waals surface area contributed by atoms with Crippen molar-refractivity contribution >= 4 is 91.9 Å². The Bertz CT molecular complexity index is 3580. The van der Waals surface area contributed by atoms with E-state index in [2.05, 4.69) is 228 Å². The van der Waals surface area contributed by atoms with Gasteiger partial charge in [0, 0.05) is 42.9 Å². The highest BCUT2D eigenvalue weighted by Crippen LogP contribution is 2.46. The molecule has 0 N–H and O–H groups in total. The van der Waals surface area contributed by atoms with Crippen LogP contribution in [-0.4, -0.2) is 4.57 Å². The third kappa shape index (κ3) is 5.40. The summed E-state index contributed by atoms with van der Waals surface area (Å²) in [5.74, 6) is 0. The molecule has 12 aromatic rings. The second kappa shape index (κ2) is 13.6. The third-order valence-corrected chi connectivity index (χ3v) is 13.2. The lowest BCUT2D eigenvalue weighted by Gasteiger charge is -2.29. The van der Waals surface area contributed by atoms with E-state index in [4.69, 9.17) is 0 Å². The molecule has 0 saturated heterocycles. The molecule has 0 atom stereocenters. The van der Waals surface area contributed by atoms with Crippen molar-refractivity contribution in [2.75, 3.05) is 4.90 Å². The van der Waals surface area contributed by atoms with Crippen LogP contribution in [0.3, 0.4) is 0 Å². The Labute approximate surface area is 346 Å². The summed E-state index contributed by atoms with van der Waals surface area (Å²) in [5, 5.41) is 10.1. The molecular weight excluding hydrogens is 733 g/mol. The second-order valence-electron chi connectivity index (χ2n) is 15.3. The molecule has 0 aliphatic rings. The first-order valence-corrected chi connectivity index (χ1v) is 21.0. The minimum absolute atomic E-state index is 1.12. The van der Waals surface area contributed by atoms with E-state index in [1.165, 1.54) is 91.5 Å². The van der Waals surface area contributed by atoms with Crippen LogP contribution in [0.25, 0.3) is 91.5 Å². The van der Waals surface area contributed by atoms with E-state index in [9.17, 15) is 0 Å². The van der Waals surface area contributed by atoms with Gasteiger partial charge in [-0.25, -0.2) is 0 Å².